The number of nitrogens with two attached hydrogens (primary N) is 1. The summed E-state index contributed by atoms with van der Waals surface area (Å²) in [4.78, 5) is 24.8. The van der Waals surface area contributed by atoms with Crippen LogP contribution in [0.25, 0.3) is 11.2 Å². The number of ether oxygens (including phenoxy) is 3. The normalized spacial score (nSPS) is 23.5. The smallest absolute Gasteiger partial charge is 0.380 e. The van der Waals surface area contributed by atoms with Gasteiger partial charge in [0.05, 0.1) is 44.3 Å². The molecule has 1 aromatic carbocycles. The molecule has 2 unspecified atom stereocenters. The Balaban J connectivity index is 1.52. The lowest BCUT2D eigenvalue weighted by Gasteiger charge is -2.24. The summed E-state index contributed by atoms with van der Waals surface area (Å²) in [6.45, 7) is 6.17. The van der Waals surface area contributed by atoms with Crippen LogP contribution in [0.5, 0.6) is 11.6 Å². The van der Waals surface area contributed by atoms with Crippen LogP contribution >= 0.6 is 7.60 Å². The third-order valence-corrected chi connectivity index (χ3v) is 8.04. The third-order valence-electron chi connectivity index (χ3n) is 6.01. The number of carbonyl (C=O) groups excluding carboxylic acids is 1. The molecule has 1 aliphatic heterocycles. The lowest BCUT2D eigenvalue weighted by atomic mass is 10.0. The molecule has 0 spiro atoms. The number of fused-ring (bicyclic) bond motifs is 1. The van der Waals surface area contributed by atoms with Crippen molar-refractivity contribution >= 4 is 30.7 Å². The molecule has 0 radical (unpaired) electrons. The number of carbonyl (C=O) groups is 1. The maximum atomic E-state index is 15.8. The molecule has 0 bridgehead atoms. The molecule has 0 saturated carbocycles. The van der Waals surface area contributed by atoms with Crippen LogP contribution in [0.3, 0.4) is 0 Å². The van der Waals surface area contributed by atoms with Crippen LogP contribution in [-0.2, 0) is 23.4 Å². The van der Waals surface area contributed by atoms with E-state index >= 15 is 4.39 Å². The first-order valence-corrected chi connectivity index (χ1v) is 14.2. The lowest BCUT2D eigenvalue weighted by Crippen LogP contribution is -2.27. The number of methoxy groups -OCH3 is 1. The number of nitrogens with zero attached hydrogens (tertiary/aromatic N) is 4. The molecule has 1 aliphatic rings. The van der Waals surface area contributed by atoms with Gasteiger partial charge in [-0.1, -0.05) is 25.1 Å². The predicted octanol–water partition coefficient (Wildman–Crippen LogP) is 4.31. The van der Waals surface area contributed by atoms with Crippen molar-refractivity contribution in [2.45, 2.75) is 58.2 Å². The fourth-order valence-corrected chi connectivity index (χ4v) is 6.19. The van der Waals surface area contributed by atoms with Crippen LogP contribution < -0.4 is 15.0 Å². The summed E-state index contributed by atoms with van der Waals surface area (Å²) in [6.07, 6.45) is -1.21. The van der Waals surface area contributed by atoms with Gasteiger partial charge < -0.3 is 24.5 Å². The van der Waals surface area contributed by atoms with Crippen LogP contribution in [0.1, 0.15) is 40.3 Å². The second-order valence-electron chi connectivity index (χ2n) is 9.89. The molecule has 12 nitrogen and oxygen atoms in total. The lowest BCUT2D eigenvalue weighted by molar-refractivity contribution is -0.151. The number of halogens is 1. The van der Waals surface area contributed by atoms with Gasteiger partial charge in [0.15, 0.2) is 23.1 Å². The number of anilines is 1. The van der Waals surface area contributed by atoms with Crippen molar-refractivity contribution in [2.24, 2.45) is 5.92 Å². The zero-order valence-corrected chi connectivity index (χ0v) is 23.3. The quantitative estimate of drug-likeness (QED) is 0.262. The molecule has 4 rings (SSSR count). The van der Waals surface area contributed by atoms with Gasteiger partial charge in [0, 0.05) is 6.42 Å². The maximum Gasteiger partial charge on any atom is 0.380 e. The van der Waals surface area contributed by atoms with Crippen molar-refractivity contribution in [2.75, 3.05) is 25.6 Å². The number of rotatable bonds is 11. The first-order chi connectivity index (χ1) is 18.4. The monoisotopic (exact) mass is 565 g/mol. The molecule has 212 valence electrons. The number of esters is 1. The number of para-hydroxylation sites is 1. The van der Waals surface area contributed by atoms with Crippen LogP contribution in [0.15, 0.2) is 36.7 Å². The summed E-state index contributed by atoms with van der Waals surface area (Å²) in [7, 11) is -2.49. The van der Waals surface area contributed by atoms with Gasteiger partial charge in [-0.3, -0.25) is 13.9 Å². The summed E-state index contributed by atoms with van der Waals surface area (Å²) in [5.41, 5.74) is 4.47. The highest BCUT2D eigenvalue weighted by molar-refractivity contribution is 7.54. The Bertz CT molecular complexity index is 1350. The molecule has 2 N–H and O–H groups in total. The van der Waals surface area contributed by atoms with Crippen molar-refractivity contribution in [1.29, 1.82) is 0 Å². The van der Waals surface area contributed by atoms with Crippen molar-refractivity contribution in [3.63, 3.8) is 0 Å². The van der Waals surface area contributed by atoms with E-state index in [0.717, 1.165) is 0 Å². The highest BCUT2D eigenvalue weighted by Crippen LogP contribution is 2.51. The van der Waals surface area contributed by atoms with Gasteiger partial charge in [-0.05, 0) is 32.9 Å². The first-order valence-electron chi connectivity index (χ1n) is 12.5. The molecule has 5 atom stereocenters. The fraction of sp³-hybridized carbons (Fsp3) is 0.520. The van der Waals surface area contributed by atoms with E-state index < -0.39 is 37.5 Å². The molecule has 3 aromatic rings. The number of alkyl halides is 1. The molecule has 0 amide bonds. The molecule has 39 heavy (non-hydrogen) atoms. The first kappa shape index (κ1) is 28.7. The van der Waals surface area contributed by atoms with Crippen molar-refractivity contribution in [3.05, 3.63) is 36.7 Å². The van der Waals surface area contributed by atoms with Gasteiger partial charge in [-0.15, -0.1) is 0 Å². The molecule has 1 saturated heterocycles. The second kappa shape index (κ2) is 11.4. The number of aromatic nitrogens is 4. The highest BCUT2D eigenvalue weighted by Gasteiger charge is 2.48. The van der Waals surface area contributed by atoms with Crippen LogP contribution in [0.2, 0.25) is 0 Å². The number of hydrogen-bond donors (Lipinski definition) is 1. The van der Waals surface area contributed by atoms with E-state index in [1.54, 1.807) is 51.1 Å². The summed E-state index contributed by atoms with van der Waals surface area (Å²) < 4.78 is 59.1. The molecule has 14 heteroatoms. The zero-order valence-electron chi connectivity index (χ0n) is 22.4. The van der Waals surface area contributed by atoms with E-state index in [0.29, 0.717) is 11.3 Å². The van der Waals surface area contributed by atoms with E-state index in [1.165, 1.54) is 24.9 Å². The number of nitrogen functional groups attached to an aromatic ring is 1. The number of imidazole rings is 1. The number of benzene rings is 1. The fourth-order valence-electron chi connectivity index (χ4n) is 4.31. The van der Waals surface area contributed by atoms with E-state index in [9.17, 15) is 9.36 Å². The molecule has 2 aromatic heterocycles. The minimum absolute atomic E-state index is 0.0661. The Morgan fingerprint density at radius 1 is 1.28 bits per heavy atom. The minimum Gasteiger partial charge on any atom is -0.479 e. The molecule has 1 fully saturated rings. The molecular formula is C25H33FN5O7P. The van der Waals surface area contributed by atoms with Crippen LogP contribution in [0.4, 0.5) is 10.3 Å². The van der Waals surface area contributed by atoms with E-state index in [4.69, 9.17) is 29.0 Å². The summed E-state index contributed by atoms with van der Waals surface area (Å²) in [5, 5.41) is 0. The van der Waals surface area contributed by atoms with Crippen molar-refractivity contribution in [1.82, 2.24) is 19.5 Å². The average Bonchev–Trinajstić information content (AvgIpc) is 3.41. The SMILES string of the molecule is COc1nc(N)nc2c1ncn2C1OC(CO[P@@](=O)(C[C@@H](C)C(=O)OC(C)C)Oc2ccccc2)C[C@@]1(C)F. The average molecular weight is 566 g/mol. The van der Waals surface area contributed by atoms with Crippen LogP contribution in [-0.4, -0.2) is 63.2 Å². The standard InChI is InChI=1S/C25H33FN5O7P/c1-15(2)36-22(32)16(3)13-39(33,38-17-9-7-6-8-10-17)35-12-18-11-25(4,26)23(37-18)31-14-28-19-20(31)29-24(27)30-21(19)34-5/h6-10,14-16,18,23H,11-13H2,1-5H3,(H2,27,29,30)/t16-,18?,23?,25-,39+/m1/s1. The third kappa shape index (κ3) is 6.66. The van der Waals surface area contributed by atoms with Crippen molar-refractivity contribution in [3.8, 4) is 11.6 Å². The van der Waals surface area contributed by atoms with Gasteiger partial charge in [-0.25, -0.2) is 13.9 Å². The highest BCUT2D eigenvalue weighted by atomic mass is 31.2. The minimum atomic E-state index is -3.90. The summed E-state index contributed by atoms with van der Waals surface area (Å²) in [5.74, 6) is -0.907. The van der Waals surface area contributed by atoms with E-state index in [1.807, 2.05) is 0 Å². The molecule has 3 heterocycles. The van der Waals surface area contributed by atoms with Crippen molar-refractivity contribution < 1.29 is 37.0 Å². The number of hydrogen-bond acceptors (Lipinski definition) is 11. The summed E-state index contributed by atoms with van der Waals surface area (Å²) in [6, 6.07) is 8.47. The second-order valence-corrected chi connectivity index (χ2v) is 11.9. The molecular weight excluding hydrogens is 532 g/mol. The van der Waals surface area contributed by atoms with Gasteiger partial charge in [0.25, 0.3) is 0 Å². The zero-order chi connectivity index (χ0) is 28.4. The Labute approximate surface area is 225 Å². The van der Waals surface area contributed by atoms with E-state index in [2.05, 4.69) is 15.0 Å². The van der Waals surface area contributed by atoms with Gasteiger partial charge in [-0.2, -0.15) is 9.97 Å². The van der Waals surface area contributed by atoms with Gasteiger partial charge in [0.1, 0.15) is 5.75 Å². The van der Waals surface area contributed by atoms with Gasteiger partial charge in [0.2, 0.25) is 11.8 Å². The van der Waals surface area contributed by atoms with Crippen LogP contribution in [0, 0.1) is 5.92 Å². The Morgan fingerprint density at radius 3 is 2.67 bits per heavy atom. The van der Waals surface area contributed by atoms with E-state index in [-0.39, 0.29) is 42.8 Å². The molecule has 0 aliphatic carbocycles. The topological polar surface area (TPSA) is 150 Å². The Hall–Kier alpha value is -3.28. The Kier molecular flexibility index (Phi) is 8.43. The predicted molar refractivity (Wildman–Crippen MR) is 140 cm³/mol. The maximum absolute atomic E-state index is 15.8. The van der Waals surface area contributed by atoms with Gasteiger partial charge >= 0.3 is 13.6 Å². The summed E-state index contributed by atoms with van der Waals surface area (Å²) >= 11 is 0. The Morgan fingerprint density at radius 2 is 2.00 bits per heavy atom. The largest absolute Gasteiger partial charge is 0.479 e.